The molecule has 0 fully saturated rings. The molecule has 1 N–H and O–H groups in total. The van der Waals surface area contributed by atoms with Crippen molar-refractivity contribution in [3.8, 4) is 0 Å². The maximum Gasteiger partial charge on any atom is 0.228 e. The molecular weight excluding hydrogens is 349 g/mol. The lowest BCUT2D eigenvalue weighted by Gasteiger charge is -2.11. The number of nitrogens with one attached hydrogen (secondary N) is 1. The van der Waals surface area contributed by atoms with E-state index < -0.39 is 0 Å². The summed E-state index contributed by atoms with van der Waals surface area (Å²) in [7, 11) is 0. The standard InChI is InChI=1S/C16H14INO/c17-14-7-3-4-8-15(14)18-16(19)13-9-11-5-1-2-6-12(11)10-13/h1-8,13H,9-10H2,(H,18,19). The predicted molar refractivity (Wildman–Crippen MR) is 85.1 cm³/mol. The van der Waals surface area contributed by atoms with Crippen LogP contribution in [0, 0.1) is 9.49 Å². The Morgan fingerprint density at radius 3 is 2.21 bits per heavy atom. The molecule has 0 atom stereocenters. The summed E-state index contributed by atoms with van der Waals surface area (Å²) in [5, 5.41) is 3.04. The van der Waals surface area contributed by atoms with E-state index in [2.05, 4.69) is 40.0 Å². The monoisotopic (exact) mass is 363 g/mol. The summed E-state index contributed by atoms with van der Waals surface area (Å²) in [5.41, 5.74) is 3.53. The second-order valence-corrected chi connectivity index (χ2v) is 6.01. The molecule has 2 aromatic carbocycles. The van der Waals surface area contributed by atoms with Gasteiger partial charge in [-0.3, -0.25) is 4.79 Å². The van der Waals surface area contributed by atoms with E-state index in [1.54, 1.807) is 0 Å². The first-order valence-corrected chi connectivity index (χ1v) is 7.44. The minimum absolute atomic E-state index is 0.0633. The van der Waals surface area contributed by atoms with Crippen molar-refractivity contribution in [2.24, 2.45) is 5.92 Å². The van der Waals surface area contributed by atoms with Gasteiger partial charge in [0, 0.05) is 9.49 Å². The lowest BCUT2D eigenvalue weighted by atomic mass is 10.1. The van der Waals surface area contributed by atoms with Crippen LogP contribution in [0.25, 0.3) is 0 Å². The molecule has 3 heteroatoms. The second-order valence-electron chi connectivity index (χ2n) is 4.84. The second kappa shape index (κ2) is 5.33. The quantitative estimate of drug-likeness (QED) is 0.811. The van der Waals surface area contributed by atoms with Crippen LogP contribution in [0.5, 0.6) is 0 Å². The van der Waals surface area contributed by atoms with Gasteiger partial charge in [0.2, 0.25) is 5.91 Å². The highest BCUT2D eigenvalue weighted by molar-refractivity contribution is 14.1. The van der Waals surface area contributed by atoms with Crippen LogP contribution in [-0.2, 0) is 17.6 Å². The van der Waals surface area contributed by atoms with E-state index in [1.165, 1.54) is 11.1 Å². The molecule has 2 nitrogen and oxygen atoms in total. The summed E-state index contributed by atoms with van der Waals surface area (Å²) in [4.78, 5) is 12.3. The molecule has 0 radical (unpaired) electrons. The molecule has 0 saturated carbocycles. The maximum atomic E-state index is 12.3. The number of hydrogen-bond donors (Lipinski definition) is 1. The molecule has 0 bridgehead atoms. The third kappa shape index (κ3) is 2.66. The van der Waals surface area contributed by atoms with E-state index in [9.17, 15) is 4.79 Å². The zero-order valence-corrected chi connectivity index (χ0v) is 12.6. The Bertz CT molecular complexity index is 599. The molecule has 0 aliphatic heterocycles. The number of carbonyl (C=O) groups is 1. The number of hydrogen-bond acceptors (Lipinski definition) is 1. The Labute approximate surface area is 126 Å². The van der Waals surface area contributed by atoms with Gasteiger partial charge in [-0.2, -0.15) is 0 Å². The SMILES string of the molecule is O=C(Nc1ccccc1I)C1Cc2ccccc2C1. The van der Waals surface area contributed by atoms with Crippen LogP contribution in [0.4, 0.5) is 5.69 Å². The van der Waals surface area contributed by atoms with Crippen molar-refractivity contribution >= 4 is 34.2 Å². The molecule has 1 amide bonds. The van der Waals surface area contributed by atoms with Crippen LogP contribution in [0.3, 0.4) is 0 Å². The fourth-order valence-corrected chi connectivity index (χ4v) is 3.06. The van der Waals surface area contributed by atoms with Crippen molar-refractivity contribution in [3.05, 3.63) is 63.2 Å². The highest BCUT2D eigenvalue weighted by Gasteiger charge is 2.27. The van der Waals surface area contributed by atoms with E-state index in [-0.39, 0.29) is 11.8 Å². The van der Waals surface area contributed by atoms with E-state index >= 15 is 0 Å². The number of fused-ring (bicyclic) bond motifs is 1. The first-order chi connectivity index (χ1) is 9.24. The van der Waals surface area contributed by atoms with Crippen molar-refractivity contribution in [1.29, 1.82) is 0 Å². The molecule has 0 spiro atoms. The minimum atomic E-state index is 0.0633. The van der Waals surface area contributed by atoms with Gasteiger partial charge in [-0.25, -0.2) is 0 Å². The summed E-state index contributed by atoms with van der Waals surface area (Å²) in [6.45, 7) is 0. The molecule has 0 unspecified atom stereocenters. The predicted octanol–water partition coefficient (Wildman–Crippen LogP) is 3.64. The zero-order chi connectivity index (χ0) is 13.2. The summed E-state index contributed by atoms with van der Waals surface area (Å²) in [6, 6.07) is 16.2. The normalized spacial score (nSPS) is 14.2. The zero-order valence-electron chi connectivity index (χ0n) is 10.4. The van der Waals surface area contributed by atoms with Crippen LogP contribution in [0.2, 0.25) is 0 Å². The van der Waals surface area contributed by atoms with E-state index in [0.717, 1.165) is 22.1 Å². The van der Waals surface area contributed by atoms with Crippen LogP contribution in [0.1, 0.15) is 11.1 Å². The Balaban J connectivity index is 1.72. The van der Waals surface area contributed by atoms with E-state index in [0.29, 0.717) is 0 Å². The van der Waals surface area contributed by atoms with Gasteiger partial charge in [-0.15, -0.1) is 0 Å². The fraction of sp³-hybridized carbons (Fsp3) is 0.188. The lowest BCUT2D eigenvalue weighted by molar-refractivity contribution is -0.119. The Morgan fingerprint density at radius 2 is 1.58 bits per heavy atom. The lowest BCUT2D eigenvalue weighted by Crippen LogP contribution is -2.23. The van der Waals surface area contributed by atoms with Crippen LogP contribution < -0.4 is 5.32 Å². The largest absolute Gasteiger partial charge is 0.325 e. The molecule has 96 valence electrons. The number of carbonyl (C=O) groups excluding carboxylic acids is 1. The molecule has 19 heavy (non-hydrogen) atoms. The van der Waals surface area contributed by atoms with E-state index in [4.69, 9.17) is 0 Å². The van der Waals surface area contributed by atoms with Crippen LogP contribution in [0.15, 0.2) is 48.5 Å². The number of rotatable bonds is 2. The van der Waals surface area contributed by atoms with Crippen molar-refractivity contribution in [3.63, 3.8) is 0 Å². The summed E-state index contributed by atoms with van der Waals surface area (Å²) < 4.78 is 1.07. The van der Waals surface area contributed by atoms with Gasteiger partial charge in [0.25, 0.3) is 0 Å². The summed E-state index contributed by atoms with van der Waals surface area (Å²) in [6.07, 6.45) is 1.71. The highest BCUT2D eigenvalue weighted by Crippen LogP contribution is 2.28. The molecule has 0 saturated heterocycles. The van der Waals surface area contributed by atoms with Crippen LogP contribution in [-0.4, -0.2) is 5.91 Å². The fourth-order valence-electron chi connectivity index (χ4n) is 2.54. The number of benzene rings is 2. The van der Waals surface area contributed by atoms with Gasteiger partial charge in [0.05, 0.1) is 5.69 Å². The Morgan fingerprint density at radius 1 is 1.00 bits per heavy atom. The Hall–Kier alpha value is -1.36. The first kappa shape index (κ1) is 12.7. The average Bonchev–Trinajstić information content (AvgIpc) is 2.85. The molecule has 0 aromatic heterocycles. The molecule has 2 aromatic rings. The van der Waals surface area contributed by atoms with Crippen molar-refractivity contribution in [1.82, 2.24) is 0 Å². The molecule has 1 aliphatic carbocycles. The highest BCUT2D eigenvalue weighted by atomic mass is 127. The maximum absolute atomic E-state index is 12.3. The molecule has 3 rings (SSSR count). The van der Waals surface area contributed by atoms with Crippen LogP contribution >= 0.6 is 22.6 Å². The van der Waals surface area contributed by atoms with Gasteiger partial charge in [-0.1, -0.05) is 36.4 Å². The third-order valence-corrected chi connectivity index (χ3v) is 4.49. The first-order valence-electron chi connectivity index (χ1n) is 6.36. The van der Waals surface area contributed by atoms with Gasteiger partial charge >= 0.3 is 0 Å². The van der Waals surface area contributed by atoms with E-state index in [1.807, 2.05) is 36.4 Å². The topological polar surface area (TPSA) is 29.1 Å². The number of para-hydroxylation sites is 1. The van der Waals surface area contributed by atoms with Crippen molar-refractivity contribution in [2.45, 2.75) is 12.8 Å². The molecule has 1 aliphatic rings. The third-order valence-electron chi connectivity index (χ3n) is 3.55. The Kier molecular flexibility index (Phi) is 3.55. The summed E-state index contributed by atoms with van der Waals surface area (Å²) >= 11 is 2.24. The van der Waals surface area contributed by atoms with Crippen molar-refractivity contribution < 1.29 is 4.79 Å². The van der Waals surface area contributed by atoms with Gasteiger partial charge < -0.3 is 5.32 Å². The van der Waals surface area contributed by atoms with Gasteiger partial charge in [0.1, 0.15) is 0 Å². The number of halogens is 1. The number of amides is 1. The molecular formula is C16H14INO. The van der Waals surface area contributed by atoms with Crippen molar-refractivity contribution in [2.75, 3.05) is 5.32 Å². The average molecular weight is 363 g/mol. The number of anilines is 1. The smallest absolute Gasteiger partial charge is 0.228 e. The molecule has 0 heterocycles. The minimum Gasteiger partial charge on any atom is -0.325 e. The van der Waals surface area contributed by atoms with Gasteiger partial charge in [0.15, 0.2) is 0 Å². The summed E-state index contributed by atoms with van der Waals surface area (Å²) in [5.74, 6) is 0.189. The van der Waals surface area contributed by atoms with Gasteiger partial charge in [-0.05, 0) is 58.7 Å².